The lowest BCUT2D eigenvalue weighted by Gasteiger charge is -2.09. The van der Waals surface area contributed by atoms with Crippen molar-refractivity contribution in [1.29, 1.82) is 0 Å². The highest BCUT2D eigenvalue weighted by Crippen LogP contribution is 2.42. The Morgan fingerprint density at radius 2 is 1.83 bits per heavy atom. The number of carbonyl (C=O) groups excluding carboxylic acids is 1. The van der Waals surface area contributed by atoms with E-state index in [1.54, 1.807) is 6.07 Å². The zero-order chi connectivity index (χ0) is 21.4. The van der Waals surface area contributed by atoms with E-state index in [2.05, 4.69) is 19.5 Å². The van der Waals surface area contributed by atoms with Gasteiger partial charge in [0.2, 0.25) is 10.0 Å². The predicted molar refractivity (Wildman–Crippen MR) is 105 cm³/mol. The van der Waals surface area contributed by atoms with Gasteiger partial charge in [0, 0.05) is 28.7 Å². The summed E-state index contributed by atoms with van der Waals surface area (Å²) in [6.45, 7) is 0.137. The summed E-state index contributed by atoms with van der Waals surface area (Å²) in [5.74, 6) is -0.981. The van der Waals surface area contributed by atoms with Crippen molar-refractivity contribution >= 4 is 33.0 Å². The SMILES string of the molecule is O=C(Nc1ccc2c(c1)OC(F)(F)O2)c1cccc(S(=O)(=O)NCc2cccs2)c1. The Kier molecular flexibility index (Phi) is 5.18. The molecule has 2 aromatic carbocycles. The topological polar surface area (TPSA) is 93.7 Å². The standard InChI is InChI=1S/C19H14F2N2O5S2/c20-19(21)27-16-7-6-13(10-17(16)28-19)23-18(24)12-3-1-5-15(9-12)30(25,26)22-11-14-4-2-8-29-14/h1-10,22H,11H2,(H,23,24). The Hall–Kier alpha value is -3.02. The van der Waals surface area contributed by atoms with E-state index in [9.17, 15) is 22.0 Å². The summed E-state index contributed by atoms with van der Waals surface area (Å²) < 4.78 is 62.4. The monoisotopic (exact) mass is 452 g/mol. The first-order valence-electron chi connectivity index (χ1n) is 8.55. The molecular weight excluding hydrogens is 438 g/mol. The molecule has 1 aromatic heterocycles. The van der Waals surface area contributed by atoms with Crippen LogP contribution in [-0.4, -0.2) is 20.6 Å². The molecule has 7 nitrogen and oxygen atoms in total. The van der Waals surface area contributed by atoms with Gasteiger partial charge in [0.05, 0.1) is 4.90 Å². The summed E-state index contributed by atoms with van der Waals surface area (Å²) in [5, 5.41) is 4.35. The molecule has 0 unspecified atom stereocenters. The molecule has 2 N–H and O–H groups in total. The minimum Gasteiger partial charge on any atom is -0.395 e. The molecule has 0 aliphatic carbocycles. The van der Waals surface area contributed by atoms with E-state index >= 15 is 0 Å². The molecule has 1 aliphatic heterocycles. The van der Waals surface area contributed by atoms with Crippen molar-refractivity contribution in [2.45, 2.75) is 17.7 Å². The Bertz CT molecular complexity index is 1200. The average Bonchev–Trinajstić information content (AvgIpc) is 3.32. The highest BCUT2D eigenvalue weighted by molar-refractivity contribution is 7.89. The number of ether oxygens (including phenoxy) is 2. The molecule has 0 atom stereocenters. The Morgan fingerprint density at radius 3 is 2.60 bits per heavy atom. The molecule has 0 saturated heterocycles. The molecule has 11 heteroatoms. The Labute approximate surface area is 174 Å². The fourth-order valence-electron chi connectivity index (χ4n) is 2.70. The van der Waals surface area contributed by atoms with Crippen LogP contribution < -0.4 is 19.5 Å². The number of hydrogen-bond donors (Lipinski definition) is 2. The number of anilines is 1. The largest absolute Gasteiger partial charge is 0.586 e. The lowest BCUT2D eigenvalue weighted by Crippen LogP contribution is -2.25. The predicted octanol–water partition coefficient (Wildman–Crippen LogP) is 3.80. The number of rotatable bonds is 6. The van der Waals surface area contributed by atoms with Crippen LogP contribution in [-0.2, 0) is 16.6 Å². The lowest BCUT2D eigenvalue weighted by atomic mass is 10.2. The van der Waals surface area contributed by atoms with Gasteiger partial charge >= 0.3 is 6.29 Å². The number of carbonyl (C=O) groups is 1. The third kappa shape index (κ3) is 4.42. The number of halogens is 2. The smallest absolute Gasteiger partial charge is 0.395 e. The molecule has 156 valence electrons. The van der Waals surface area contributed by atoms with Gasteiger partial charge in [-0.25, -0.2) is 13.1 Å². The summed E-state index contributed by atoms with van der Waals surface area (Å²) in [6, 6.07) is 12.9. The molecular formula is C19H14F2N2O5S2. The van der Waals surface area contributed by atoms with Gasteiger partial charge < -0.3 is 14.8 Å². The van der Waals surface area contributed by atoms with Crippen molar-refractivity contribution in [2.75, 3.05) is 5.32 Å². The van der Waals surface area contributed by atoms with E-state index in [1.807, 2.05) is 11.4 Å². The number of benzene rings is 2. The third-order valence-corrected chi connectivity index (χ3v) is 6.36. The second-order valence-electron chi connectivity index (χ2n) is 6.21. The minimum atomic E-state index is -3.83. The molecule has 3 aromatic rings. The maximum atomic E-state index is 13.1. The number of thiophene rings is 1. The van der Waals surface area contributed by atoms with E-state index in [0.29, 0.717) is 0 Å². The number of amides is 1. The van der Waals surface area contributed by atoms with Crippen LogP contribution >= 0.6 is 11.3 Å². The van der Waals surface area contributed by atoms with Gasteiger partial charge in [0.1, 0.15) is 0 Å². The van der Waals surface area contributed by atoms with Gasteiger partial charge in [-0.3, -0.25) is 4.79 Å². The normalized spacial score (nSPS) is 14.5. The summed E-state index contributed by atoms with van der Waals surface area (Å²) in [7, 11) is -3.83. The molecule has 1 aliphatic rings. The number of hydrogen-bond acceptors (Lipinski definition) is 6. The van der Waals surface area contributed by atoms with Crippen molar-refractivity contribution in [3.63, 3.8) is 0 Å². The molecule has 1 amide bonds. The molecule has 4 rings (SSSR count). The van der Waals surface area contributed by atoms with E-state index in [1.165, 1.54) is 53.8 Å². The summed E-state index contributed by atoms with van der Waals surface area (Å²) in [4.78, 5) is 13.3. The van der Waals surface area contributed by atoms with Crippen molar-refractivity contribution in [1.82, 2.24) is 4.72 Å². The highest BCUT2D eigenvalue weighted by Gasteiger charge is 2.43. The number of alkyl halides is 2. The second kappa shape index (κ2) is 7.67. The zero-order valence-corrected chi connectivity index (χ0v) is 16.7. The molecule has 2 heterocycles. The number of sulfonamides is 1. The van der Waals surface area contributed by atoms with Gasteiger partial charge in [-0.15, -0.1) is 20.1 Å². The maximum absolute atomic E-state index is 13.1. The van der Waals surface area contributed by atoms with E-state index in [-0.39, 0.29) is 34.2 Å². The molecule has 30 heavy (non-hydrogen) atoms. The number of nitrogens with one attached hydrogen (secondary N) is 2. The van der Waals surface area contributed by atoms with E-state index in [0.717, 1.165) is 4.88 Å². The van der Waals surface area contributed by atoms with Crippen LogP contribution in [0.25, 0.3) is 0 Å². The van der Waals surface area contributed by atoms with Crippen molar-refractivity contribution in [2.24, 2.45) is 0 Å². The van der Waals surface area contributed by atoms with Gasteiger partial charge in [-0.1, -0.05) is 12.1 Å². The quantitative estimate of drug-likeness (QED) is 0.593. The van der Waals surface area contributed by atoms with Gasteiger partial charge in [0.15, 0.2) is 11.5 Å². The highest BCUT2D eigenvalue weighted by atomic mass is 32.2. The first-order valence-corrected chi connectivity index (χ1v) is 10.9. The fraction of sp³-hybridized carbons (Fsp3) is 0.105. The molecule has 0 bridgehead atoms. The van der Waals surface area contributed by atoms with Gasteiger partial charge in [-0.05, 0) is 41.8 Å². The van der Waals surface area contributed by atoms with Crippen molar-refractivity contribution in [3.8, 4) is 11.5 Å². The second-order valence-corrected chi connectivity index (χ2v) is 9.01. The first kappa shape index (κ1) is 20.3. The van der Waals surface area contributed by atoms with Gasteiger partial charge in [0.25, 0.3) is 5.91 Å². The summed E-state index contributed by atoms with van der Waals surface area (Å²) in [5.41, 5.74) is 0.265. The van der Waals surface area contributed by atoms with Gasteiger partial charge in [-0.2, -0.15) is 0 Å². The molecule has 0 saturated carbocycles. The zero-order valence-electron chi connectivity index (χ0n) is 15.1. The first-order chi connectivity index (χ1) is 14.2. The van der Waals surface area contributed by atoms with Crippen molar-refractivity contribution < 1.29 is 31.5 Å². The van der Waals surface area contributed by atoms with Crippen LogP contribution in [0.1, 0.15) is 15.2 Å². The van der Waals surface area contributed by atoms with E-state index < -0.39 is 22.2 Å². The van der Waals surface area contributed by atoms with Crippen LogP contribution in [0.15, 0.2) is 64.9 Å². The molecule has 0 fully saturated rings. The fourth-order valence-corrected chi connectivity index (χ4v) is 4.49. The van der Waals surface area contributed by atoms with Crippen LogP contribution in [0.4, 0.5) is 14.5 Å². The van der Waals surface area contributed by atoms with Crippen LogP contribution in [0.3, 0.4) is 0 Å². The lowest BCUT2D eigenvalue weighted by molar-refractivity contribution is -0.286. The van der Waals surface area contributed by atoms with Crippen LogP contribution in [0.2, 0.25) is 0 Å². The van der Waals surface area contributed by atoms with Crippen LogP contribution in [0.5, 0.6) is 11.5 Å². The molecule has 0 spiro atoms. The average molecular weight is 452 g/mol. The maximum Gasteiger partial charge on any atom is 0.586 e. The third-order valence-electron chi connectivity index (χ3n) is 4.08. The molecule has 0 radical (unpaired) electrons. The Balaban J connectivity index is 1.48. The Morgan fingerprint density at radius 1 is 1.03 bits per heavy atom. The summed E-state index contributed by atoms with van der Waals surface area (Å²) in [6.07, 6.45) is -3.76. The van der Waals surface area contributed by atoms with Crippen molar-refractivity contribution in [3.05, 3.63) is 70.4 Å². The van der Waals surface area contributed by atoms with E-state index in [4.69, 9.17) is 0 Å². The van der Waals surface area contributed by atoms with Crippen LogP contribution in [0, 0.1) is 0 Å². The summed E-state index contributed by atoms with van der Waals surface area (Å²) >= 11 is 1.42. The minimum absolute atomic E-state index is 0.0722. The number of fused-ring (bicyclic) bond motifs is 1.